The SMILES string of the molecule is CC1=C([N+](=O)[O-])c2ccccc2N2NN(c3ccc(Cl)nc3)C(O)=C12.O. The van der Waals surface area contributed by atoms with Crippen LogP contribution in [0.3, 0.4) is 0 Å². The van der Waals surface area contributed by atoms with E-state index in [1.807, 2.05) is 0 Å². The number of allylic oxidation sites excluding steroid dienone is 1. The highest BCUT2D eigenvalue weighted by atomic mass is 35.5. The number of anilines is 2. The Balaban J connectivity index is 0.00000196. The normalized spacial score (nSPS) is 15.6. The Morgan fingerprint density at radius 2 is 1.96 bits per heavy atom. The number of para-hydroxylation sites is 1. The summed E-state index contributed by atoms with van der Waals surface area (Å²) >= 11 is 5.80. The van der Waals surface area contributed by atoms with E-state index in [1.54, 1.807) is 48.3 Å². The Kier molecular flexibility index (Phi) is 4.28. The molecule has 2 aromatic rings. The van der Waals surface area contributed by atoms with Crippen molar-refractivity contribution < 1.29 is 15.5 Å². The number of halogens is 1. The van der Waals surface area contributed by atoms with Gasteiger partial charge in [0.1, 0.15) is 10.9 Å². The predicted molar refractivity (Wildman–Crippen MR) is 96.6 cm³/mol. The number of nitrogens with zero attached hydrogens (tertiary/aromatic N) is 4. The van der Waals surface area contributed by atoms with E-state index in [2.05, 4.69) is 10.5 Å². The fraction of sp³-hybridized carbons (Fsp3) is 0.0625. The van der Waals surface area contributed by atoms with Crippen LogP contribution in [0.5, 0.6) is 0 Å². The van der Waals surface area contributed by atoms with Gasteiger partial charge < -0.3 is 10.6 Å². The quantitative estimate of drug-likeness (QED) is 0.468. The molecule has 1 aromatic carbocycles. The van der Waals surface area contributed by atoms with Gasteiger partial charge in [-0.2, -0.15) is 0 Å². The third kappa shape index (κ3) is 2.46. The van der Waals surface area contributed by atoms with E-state index in [9.17, 15) is 15.2 Å². The Morgan fingerprint density at radius 1 is 1.23 bits per heavy atom. The van der Waals surface area contributed by atoms with Crippen LogP contribution in [0, 0.1) is 10.1 Å². The third-order valence-electron chi connectivity index (χ3n) is 4.11. The summed E-state index contributed by atoms with van der Waals surface area (Å²) in [5.74, 6) is -0.157. The predicted octanol–water partition coefficient (Wildman–Crippen LogP) is 2.40. The molecule has 0 aliphatic carbocycles. The molecule has 10 heteroatoms. The van der Waals surface area contributed by atoms with Gasteiger partial charge in [-0.15, -0.1) is 5.53 Å². The fourth-order valence-corrected chi connectivity index (χ4v) is 3.12. The van der Waals surface area contributed by atoms with Gasteiger partial charge >= 0.3 is 0 Å². The van der Waals surface area contributed by atoms with E-state index in [0.717, 1.165) is 0 Å². The van der Waals surface area contributed by atoms with Crippen LogP contribution in [0.4, 0.5) is 11.4 Å². The van der Waals surface area contributed by atoms with Crippen LogP contribution in [-0.2, 0) is 0 Å². The molecule has 0 fully saturated rings. The lowest BCUT2D eigenvalue weighted by molar-refractivity contribution is -0.376. The van der Waals surface area contributed by atoms with Crippen molar-refractivity contribution in [2.45, 2.75) is 6.92 Å². The maximum atomic E-state index is 11.6. The highest BCUT2D eigenvalue weighted by molar-refractivity contribution is 6.29. The van der Waals surface area contributed by atoms with Gasteiger partial charge in [-0.05, 0) is 31.2 Å². The summed E-state index contributed by atoms with van der Waals surface area (Å²) in [5, 5.41) is 25.6. The molecule has 26 heavy (non-hydrogen) atoms. The molecule has 2 aliphatic rings. The number of hydrazine groups is 2. The first-order valence-corrected chi connectivity index (χ1v) is 7.73. The second kappa shape index (κ2) is 6.30. The first-order valence-electron chi connectivity index (χ1n) is 7.35. The van der Waals surface area contributed by atoms with E-state index in [4.69, 9.17) is 11.6 Å². The van der Waals surface area contributed by atoms with E-state index < -0.39 is 4.92 Å². The van der Waals surface area contributed by atoms with E-state index >= 15 is 0 Å². The standard InChI is InChI=1S/C16H12ClN5O3.H2O/c1-9-14(22(24)25)11-4-2-3-5-12(11)21-15(9)16(23)20(19-21)10-6-7-13(17)18-8-10;/h2-8,19,23H,1H3;1H2. The zero-order chi connectivity index (χ0) is 17.7. The topological polar surface area (TPSA) is 126 Å². The van der Waals surface area contributed by atoms with Crippen molar-refractivity contribution in [1.29, 1.82) is 0 Å². The minimum Gasteiger partial charge on any atom is -0.492 e. The van der Waals surface area contributed by atoms with Crippen LogP contribution < -0.4 is 15.6 Å². The van der Waals surface area contributed by atoms with Crippen molar-refractivity contribution in [1.82, 2.24) is 10.5 Å². The first-order chi connectivity index (χ1) is 12.0. The number of fused-ring (bicyclic) bond motifs is 3. The molecule has 0 amide bonds. The number of aliphatic hydroxyl groups is 1. The molecule has 4 rings (SSSR count). The molecule has 0 unspecified atom stereocenters. The zero-order valence-corrected chi connectivity index (χ0v) is 14.2. The van der Waals surface area contributed by atoms with Crippen LogP contribution in [0.25, 0.3) is 5.70 Å². The highest BCUT2D eigenvalue weighted by Crippen LogP contribution is 2.43. The zero-order valence-electron chi connectivity index (χ0n) is 13.5. The lowest BCUT2D eigenvalue weighted by Crippen LogP contribution is -2.43. The summed E-state index contributed by atoms with van der Waals surface area (Å²) in [6.45, 7) is 1.61. The van der Waals surface area contributed by atoms with Crippen molar-refractivity contribution in [2.24, 2.45) is 0 Å². The van der Waals surface area contributed by atoms with Crippen LogP contribution in [0.15, 0.2) is 59.7 Å². The van der Waals surface area contributed by atoms with E-state index in [0.29, 0.717) is 33.4 Å². The molecule has 1 aromatic heterocycles. The number of pyridine rings is 1. The lowest BCUT2D eigenvalue weighted by Gasteiger charge is -2.28. The van der Waals surface area contributed by atoms with Crippen LogP contribution >= 0.6 is 11.6 Å². The van der Waals surface area contributed by atoms with Gasteiger partial charge in [0.15, 0.2) is 0 Å². The summed E-state index contributed by atoms with van der Waals surface area (Å²) in [5.41, 5.74) is 5.26. The average Bonchev–Trinajstić information content (AvgIpc) is 2.94. The Bertz CT molecular complexity index is 957. The fourth-order valence-electron chi connectivity index (χ4n) is 3.01. The van der Waals surface area contributed by atoms with E-state index in [-0.39, 0.29) is 17.1 Å². The maximum absolute atomic E-state index is 11.6. The number of aliphatic hydroxyl groups excluding tert-OH is 1. The van der Waals surface area contributed by atoms with Gasteiger partial charge in [-0.3, -0.25) is 15.1 Å². The number of nitro groups is 1. The first kappa shape index (κ1) is 17.7. The minimum atomic E-state index is -0.432. The Morgan fingerprint density at radius 3 is 2.62 bits per heavy atom. The number of benzene rings is 1. The molecule has 0 radical (unpaired) electrons. The minimum absolute atomic E-state index is 0. The molecule has 9 nitrogen and oxygen atoms in total. The van der Waals surface area contributed by atoms with Crippen molar-refractivity contribution in [3.63, 3.8) is 0 Å². The number of nitrogens with one attached hydrogen (secondary N) is 1. The highest BCUT2D eigenvalue weighted by Gasteiger charge is 2.41. The van der Waals surface area contributed by atoms with Crippen LogP contribution in [0.1, 0.15) is 12.5 Å². The third-order valence-corrected chi connectivity index (χ3v) is 4.33. The lowest BCUT2D eigenvalue weighted by atomic mass is 9.98. The molecule has 0 saturated heterocycles. The van der Waals surface area contributed by atoms with E-state index in [1.165, 1.54) is 11.2 Å². The van der Waals surface area contributed by atoms with Crippen molar-refractivity contribution >= 4 is 28.7 Å². The Labute approximate surface area is 152 Å². The number of rotatable bonds is 2. The van der Waals surface area contributed by atoms with Crippen molar-refractivity contribution in [3.05, 3.63) is 80.6 Å². The molecular weight excluding hydrogens is 362 g/mol. The van der Waals surface area contributed by atoms with Gasteiger partial charge in [0.25, 0.3) is 5.70 Å². The van der Waals surface area contributed by atoms with Crippen LogP contribution in [0.2, 0.25) is 5.15 Å². The molecular formula is C16H14ClN5O4. The number of hydrogen-bond donors (Lipinski definition) is 2. The maximum Gasteiger partial charge on any atom is 0.283 e. The molecule has 2 aliphatic heterocycles. The Hall–Kier alpha value is -3.14. The van der Waals surface area contributed by atoms with Gasteiger partial charge in [-0.1, -0.05) is 23.7 Å². The average molecular weight is 376 g/mol. The second-order valence-electron chi connectivity index (χ2n) is 5.53. The van der Waals surface area contributed by atoms with Gasteiger partial charge in [0, 0.05) is 0 Å². The molecule has 134 valence electrons. The van der Waals surface area contributed by atoms with Gasteiger partial charge in [-0.25, -0.2) is 9.99 Å². The van der Waals surface area contributed by atoms with Crippen LogP contribution in [-0.4, -0.2) is 20.5 Å². The largest absolute Gasteiger partial charge is 0.492 e. The van der Waals surface area contributed by atoms with Crippen molar-refractivity contribution in [3.8, 4) is 0 Å². The number of hydrogen-bond acceptors (Lipinski definition) is 7. The molecule has 0 bridgehead atoms. The molecule has 3 heterocycles. The molecule has 0 saturated carbocycles. The monoisotopic (exact) mass is 375 g/mol. The molecule has 0 spiro atoms. The summed E-state index contributed by atoms with van der Waals surface area (Å²) in [6.07, 6.45) is 1.49. The summed E-state index contributed by atoms with van der Waals surface area (Å²) in [6, 6.07) is 10.2. The summed E-state index contributed by atoms with van der Waals surface area (Å²) in [7, 11) is 0. The van der Waals surface area contributed by atoms with Gasteiger partial charge in [0.05, 0.1) is 33.6 Å². The summed E-state index contributed by atoms with van der Waals surface area (Å²) in [4.78, 5) is 15.1. The van der Waals surface area contributed by atoms with Crippen molar-refractivity contribution in [2.75, 3.05) is 10.0 Å². The second-order valence-corrected chi connectivity index (χ2v) is 5.92. The smallest absolute Gasteiger partial charge is 0.283 e. The van der Waals surface area contributed by atoms with Gasteiger partial charge in [0.2, 0.25) is 5.88 Å². The molecule has 4 N–H and O–H groups in total. The summed E-state index contributed by atoms with van der Waals surface area (Å²) < 4.78 is 0. The molecule has 0 atom stereocenters. The number of aromatic nitrogens is 1.